The van der Waals surface area contributed by atoms with E-state index in [1.165, 1.54) is 6.20 Å². The molecule has 0 bridgehead atoms. The fourth-order valence-corrected chi connectivity index (χ4v) is 3.20. The Labute approximate surface area is 146 Å². The minimum absolute atomic E-state index is 0.0121. The molecule has 3 rings (SSSR count). The maximum atomic E-state index is 12.4. The Morgan fingerprint density at radius 1 is 1.16 bits per heavy atom. The third kappa shape index (κ3) is 4.04. The first-order chi connectivity index (χ1) is 12.0. The third-order valence-electron chi connectivity index (χ3n) is 3.62. The average molecular weight is 358 g/mol. The predicted octanol–water partition coefficient (Wildman–Crippen LogP) is 2.39. The van der Waals surface area contributed by atoms with E-state index in [0.717, 1.165) is 0 Å². The zero-order chi connectivity index (χ0) is 17.9. The molecule has 1 aromatic carbocycles. The van der Waals surface area contributed by atoms with Gasteiger partial charge in [0, 0.05) is 31.5 Å². The number of aryl methyl sites for hydroxylation is 2. The first kappa shape index (κ1) is 17.1. The molecule has 130 valence electrons. The van der Waals surface area contributed by atoms with Gasteiger partial charge in [0.1, 0.15) is 11.6 Å². The predicted molar refractivity (Wildman–Crippen MR) is 92.7 cm³/mol. The molecule has 0 spiro atoms. The topological polar surface area (TPSA) is 86.1 Å². The molecule has 2 aromatic heterocycles. The maximum Gasteiger partial charge on any atom is 0.259 e. The molecule has 25 heavy (non-hydrogen) atoms. The molecule has 0 aliphatic carbocycles. The molecule has 8 heteroatoms. The van der Waals surface area contributed by atoms with Gasteiger partial charge in [-0.05, 0) is 25.1 Å². The fourth-order valence-electron chi connectivity index (χ4n) is 2.15. The highest BCUT2D eigenvalue weighted by Crippen LogP contribution is 2.22. The summed E-state index contributed by atoms with van der Waals surface area (Å²) < 4.78 is 34.7. The van der Waals surface area contributed by atoms with Crippen LogP contribution in [-0.4, -0.2) is 23.0 Å². The van der Waals surface area contributed by atoms with Crippen LogP contribution in [0.15, 0.2) is 59.9 Å². The number of rotatable bonds is 6. The lowest BCUT2D eigenvalue weighted by atomic mass is 10.3. The number of ether oxygens (including phenoxy) is 1. The molecular weight excluding hydrogens is 340 g/mol. The lowest BCUT2D eigenvalue weighted by molar-refractivity contribution is 0.455. The summed E-state index contributed by atoms with van der Waals surface area (Å²) in [5.74, 6) is 1.61. The highest BCUT2D eigenvalue weighted by atomic mass is 32.2. The summed E-state index contributed by atoms with van der Waals surface area (Å²) >= 11 is 0. The van der Waals surface area contributed by atoms with Crippen molar-refractivity contribution in [3.05, 3.63) is 66.2 Å². The first-order valence-corrected chi connectivity index (χ1v) is 9.10. The number of hydrogen-bond donors (Lipinski definition) is 1. The number of aromatic nitrogens is 3. The SMILES string of the molecule is Cc1nc(S(=O)(=O)NCc2cccnc2Oc2ccccc2)cn1C. The number of para-hydroxylation sites is 1. The van der Waals surface area contributed by atoms with Crippen molar-refractivity contribution in [2.24, 2.45) is 7.05 Å². The number of pyridine rings is 1. The van der Waals surface area contributed by atoms with Gasteiger partial charge < -0.3 is 9.30 Å². The van der Waals surface area contributed by atoms with Gasteiger partial charge in [-0.2, -0.15) is 0 Å². The van der Waals surface area contributed by atoms with Crippen LogP contribution in [0.5, 0.6) is 11.6 Å². The van der Waals surface area contributed by atoms with Crippen LogP contribution in [0.2, 0.25) is 0 Å². The number of benzene rings is 1. The van der Waals surface area contributed by atoms with Crippen molar-refractivity contribution in [1.29, 1.82) is 0 Å². The molecule has 7 nitrogen and oxygen atoms in total. The number of hydrogen-bond acceptors (Lipinski definition) is 5. The van der Waals surface area contributed by atoms with Crippen molar-refractivity contribution in [3.63, 3.8) is 0 Å². The van der Waals surface area contributed by atoms with Gasteiger partial charge in [-0.3, -0.25) is 0 Å². The maximum absolute atomic E-state index is 12.4. The molecule has 1 N–H and O–H groups in total. The standard InChI is InChI=1S/C17H18N4O3S/c1-13-20-16(12-21(13)2)25(22,23)19-11-14-7-6-10-18-17(14)24-15-8-4-3-5-9-15/h3-10,12,19H,11H2,1-2H3. The van der Waals surface area contributed by atoms with Gasteiger partial charge in [-0.1, -0.05) is 24.3 Å². The van der Waals surface area contributed by atoms with Crippen molar-refractivity contribution in [2.75, 3.05) is 0 Å². The smallest absolute Gasteiger partial charge is 0.259 e. The molecular formula is C17H18N4O3S. The van der Waals surface area contributed by atoms with E-state index >= 15 is 0 Å². The highest BCUT2D eigenvalue weighted by Gasteiger charge is 2.19. The Kier molecular flexibility index (Phi) is 4.82. The van der Waals surface area contributed by atoms with Crippen LogP contribution in [-0.2, 0) is 23.6 Å². The molecule has 0 unspecified atom stereocenters. The van der Waals surface area contributed by atoms with Crippen molar-refractivity contribution >= 4 is 10.0 Å². The lowest BCUT2D eigenvalue weighted by Gasteiger charge is -2.10. The molecule has 3 aromatic rings. The van der Waals surface area contributed by atoms with Crippen LogP contribution in [0.3, 0.4) is 0 Å². The normalized spacial score (nSPS) is 11.4. The number of nitrogens with zero attached hydrogens (tertiary/aromatic N) is 3. The van der Waals surface area contributed by atoms with Crippen molar-refractivity contribution in [1.82, 2.24) is 19.3 Å². The monoisotopic (exact) mass is 358 g/mol. The van der Waals surface area contributed by atoms with Gasteiger partial charge in [0.25, 0.3) is 10.0 Å². The zero-order valence-electron chi connectivity index (χ0n) is 13.9. The molecule has 0 saturated carbocycles. The van der Waals surface area contributed by atoms with E-state index in [1.807, 2.05) is 18.2 Å². The van der Waals surface area contributed by atoms with E-state index in [4.69, 9.17) is 4.74 Å². The summed E-state index contributed by atoms with van der Waals surface area (Å²) in [7, 11) is -1.97. The largest absolute Gasteiger partial charge is 0.439 e. The van der Waals surface area contributed by atoms with Crippen LogP contribution in [0, 0.1) is 6.92 Å². The van der Waals surface area contributed by atoms with Gasteiger partial charge in [0.05, 0.1) is 0 Å². The van der Waals surface area contributed by atoms with Crippen molar-refractivity contribution in [3.8, 4) is 11.6 Å². The number of imidazole rings is 1. The molecule has 0 saturated heterocycles. The van der Waals surface area contributed by atoms with Gasteiger partial charge in [-0.25, -0.2) is 23.1 Å². The lowest BCUT2D eigenvalue weighted by Crippen LogP contribution is -2.24. The summed E-state index contributed by atoms with van der Waals surface area (Å²) in [5, 5.41) is -0.0121. The Balaban J connectivity index is 1.77. The molecule has 0 fully saturated rings. The Hall–Kier alpha value is -2.71. The van der Waals surface area contributed by atoms with Gasteiger partial charge in [-0.15, -0.1) is 0 Å². The third-order valence-corrected chi connectivity index (χ3v) is 4.89. The van der Waals surface area contributed by atoms with Crippen LogP contribution in [0.1, 0.15) is 11.4 Å². The quantitative estimate of drug-likeness (QED) is 0.731. The van der Waals surface area contributed by atoms with Crippen molar-refractivity contribution in [2.45, 2.75) is 18.5 Å². The second-order valence-electron chi connectivity index (χ2n) is 5.44. The Morgan fingerprint density at radius 3 is 2.60 bits per heavy atom. The summed E-state index contributed by atoms with van der Waals surface area (Å²) in [5.41, 5.74) is 0.627. The van der Waals surface area contributed by atoms with E-state index < -0.39 is 10.0 Å². The van der Waals surface area contributed by atoms with Crippen LogP contribution >= 0.6 is 0 Å². The minimum Gasteiger partial charge on any atom is -0.439 e. The minimum atomic E-state index is -3.72. The van der Waals surface area contributed by atoms with Crippen LogP contribution in [0.25, 0.3) is 0 Å². The Morgan fingerprint density at radius 2 is 1.92 bits per heavy atom. The molecule has 0 atom stereocenters. The fraction of sp³-hybridized carbons (Fsp3) is 0.176. The summed E-state index contributed by atoms with van der Waals surface area (Å²) in [6.07, 6.45) is 3.07. The van der Waals surface area contributed by atoms with Crippen LogP contribution < -0.4 is 9.46 Å². The van der Waals surface area contributed by atoms with Gasteiger partial charge in [0.15, 0.2) is 5.03 Å². The molecule has 0 amide bonds. The van der Waals surface area contributed by atoms with Gasteiger partial charge in [0.2, 0.25) is 5.88 Å². The highest BCUT2D eigenvalue weighted by molar-refractivity contribution is 7.89. The zero-order valence-corrected chi connectivity index (χ0v) is 14.7. The van der Waals surface area contributed by atoms with E-state index in [0.29, 0.717) is 23.0 Å². The van der Waals surface area contributed by atoms with Crippen LogP contribution in [0.4, 0.5) is 0 Å². The number of nitrogens with one attached hydrogen (secondary N) is 1. The summed E-state index contributed by atoms with van der Waals surface area (Å²) in [6, 6.07) is 12.7. The van der Waals surface area contributed by atoms with E-state index in [-0.39, 0.29) is 11.6 Å². The number of sulfonamides is 1. The summed E-state index contributed by atoms with van der Waals surface area (Å²) in [4.78, 5) is 8.24. The Bertz CT molecular complexity index is 949. The van der Waals surface area contributed by atoms with Crippen molar-refractivity contribution < 1.29 is 13.2 Å². The van der Waals surface area contributed by atoms with E-state index in [2.05, 4.69) is 14.7 Å². The van der Waals surface area contributed by atoms with E-state index in [9.17, 15) is 8.42 Å². The summed E-state index contributed by atoms with van der Waals surface area (Å²) in [6.45, 7) is 1.79. The van der Waals surface area contributed by atoms with Gasteiger partial charge >= 0.3 is 0 Å². The molecule has 0 radical (unpaired) electrons. The second-order valence-corrected chi connectivity index (χ2v) is 7.16. The second kappa shape index (κ2) is 7.04. The first-order valence-electron chi connectivity index (χ1n) is 7.62. The average Bonchev–Trinajstić information content (AvgIpc) is 2.95. The molecule has 0 aliphatic heterocycles. The molecule has 0 aliphatic rings. The molecule has 2 heterocycles. The van der Waals surface area contributed by atoms with E-state index in [1.54, 1.807) is 49.0 Å².